The second-order valence-corrected chi connectivity index (χ2v) is 7.34. The zero-order valence-corrected chi connectivity index (χ0v) is 13.3. The zero-order chi connectivity index (χ0) is 15.3. The topological polar surface area (TPSA) is 49.4 Å². The monoisotopic (exact) mass is 302 g/mol. The highest BCUT2D eigenvalue weighted by Gasteiger charge is 2.21. The van der Waals surface area contributed by atoms with Crippen molar-refractivity contribution in [1.82, 2.24) is 9.62 Å². The predicted octanol–water partition coefficient (Wildman–Crippen LogP) is 2.21. The van der Waals surface area contributed by atoms with E-state index < -0.39 is 15.8 Å². The first kappa shape index (κ1) is 17.1. The van der Waals surface area contributed by atoms with Gasteiger partial charge >= 0.3 is 0 Å². The molecule has 1 rings (SSSR count). The number of nitrogens with zero attached hydrogens (tertiary/aromatic N) is 1. The van der Waals surface area contributed by atoms with Crippen molar-refractivity contribution in [3.8, 4) is 0 Å². The summed E-state index contributed by atoms with van der Waals surface area (Å²) >= 11 is 0. The normalized spacial score (nSPS) is 12.3. The molecular weight excluding hydrogens is 279 g/mol. The maximum absolute atomic E-state index is 13.6. The second kappa shape index (κ2) is 7.15. The van der Waals surface area contributed by atoms with Gasteiger partial charge in [-0.2, -0.15) is 0 Å². The lowest BCUT2D eigenvalue weighted by Crippen LogP contribution is -2.29. The number of rotatable bonds is 7. The maximum atomic E-state index is 13.6. The van der Waals surface area contributed by atoms with Crippen molar-refractivity contribution < 1.29 is 12.8 Å². The van der Waals surface area contributed by atoms with E-state index in [1.165, 1.54) is 22.5 Å². The molecule has 0 aromatic heterocycles. The minimum atomic E-state index is -3.55. The molecule has 0 spiro atoms. The summed E-state index contributed by atoms with van der Waals surface area (Å²) in [6.07, 6.45) is 0.792. The van der Waals surface area contributed by atoms with Crippen LogP contribution in [0.1, 0.15) is 25.8 Å². The maximum Gasteiger partial charge on any atom is 0.242 e. The van der Waals surface area contributed by atoms with Gasteiger partial charge < -0.3 is 5.32 Å². The lowest BCUT2D eigenvalue weighted by Gasteiger charge is -2.18. The van der Waals surface area contributed by atoms with Crippen molar-refractivity contribution in [3.63, 3.8) is 0 Å². The number of hydrogen-bond donors (Lipinski definition) is 1. The Morgan fingerprint density at radius 2 is 2.00 bits per heavy atom. The van der Waals surface area contributed by atoms with E-state index in [-0.39, 0.29) is 4.90 Å². The molecule has 0 bridgehead atoms. The molecule has 0 fully saturated rings. The molecule has 20 heavy (non-hydrogen) atoms. The van der Waals surface area contributed by atoms with Crippen molar-refractivity contribution in [2.75, 3.05) is 20.6 Å². The van der Waals surface area contributed by atoms with Crippen LogP contribution in [0.4, 0.5) is 4.39 Å². The van der Waals surface area contributed by atoms with Crippen LogP contribution in [0.2, 0.25) is 0 Å². The highest BCUT2D eigenvalue weighted by molar-refractivity contribution is 7.89. The predicted molar refractivity (Wildman–Crippen MR) is 78.4 cm³/mol. The first-order valence-corrected chi connectivity index (χ1v) is 8.12. The van der Waals surface area contributed by atoms with Gasteiger partial charge in [-0.1, -0.05) is 13.8 Å². The molecule has 0 heterocycles. The van der Waals surface area contributed by atoms with Gasteiger partial charge in [-0.25, -0.2) is 17.1 Å². The van der Waals surface area contributed by atoms with Crippen LogP contribution in [0.15, 0.2) is 23.1 Å². The molecule has 6 heteroatoms. The van der Waals surface area contributed by atoms with E-state index in [1.807, 2.05) is 13.8 Å². The van der Waals surface area contributed by atoms with Crippen LogP contribution >= 0.6 is 0 Å². The van der Waals surface area contributed by atoms with Crippen molar-refractivity contribution in [3.05, 3.63) is 29.6 Å². The summed E-state index contributed by atoms with van der Waals surface area (Å²) < 4.78 is 39.7. The average molecular weight is 302 g/mol. The molecule has 1 N–H and O–H groups in total. The Morgan fingerprint density at radius 3 is 2.55 bits per heavy atom. The van der Waals surface area contributed by atoms with Crippen LogP contribution in [0.5, 0.6) is 0 Å². The van der Waals surface area contributed by atoms with Gasteiger partial charge in [0.15, 0.2) is 0 Å². The van der Waals surface area contributed by atoms with Gasteiger partial charge in [0, 0.05) is 25.7 Å². The quantitative estimate of drug-likeness (QED) is 0.840. The van der Waals surface area contributed by atoms with Gasteiger partial charge in [-0.3, -0.25) is 0 Å². The molecule has 0 radical (unpaired) electrons. The minimum absolute atomic E-state index is 0.135. The Balaban J connectivity index is 3.00. The standard InChI is InChI=1S/C14H23FN2O2S/c1-11(2)7-8-17(4)20(18,19)13-5-6-14(15)12(9-13)10-16-3/h5-6,9,11,16H,7-8,10H2,1-4H3. The van der Waals surface area contributed by atoms with E-state index in [9.17, 15) is 12.8 Å². The summed E-state index contributed by atoms with van der Waals surface area (Å²) in [6.45, 7) is 4.84. The van der Waals surface area contributed by atoms with Crippen molar-refractivity contribution in [1.29, 1.82) is 0 Å². The van der Waals surface area contributed by atoms with Crippen LogP contribution in [-0.2, 0) is 16.6 Å². The lowest BCUT2D eigenvalue weighted by molar-refractivity contribution is 0.428. The fourth-order valence-electron chi connectivity index (χ4n) is 1.78. The van der Waals surface area contributed by atoms with Crippen LogP contribution < -0.4 is 5.32 Å². The van der Waals surface area contributed by atoms with Gasteiger partial charge in [0.1, 0.15) is 5.82 Å². The second-order valence-electron chi connectivity index (χ2n) is 5.29. The van der Waals surface area contributed by atoms with Gasteiger partial charge in [0.2, 0.25) is 10.0 Å². The summed E-state index contributed by atoms with van der Waals surface area (Å²) in [5.41, 5.74) is 0.353. The molecular formula is C14H23FN2O2S. The molecule has 0 aliphatic heterocycles. The average Bonchev–Trinajstić information content (AvgIpc) is 2.38. The molecule has 0 aliphatic rings. The fraction of sp³-hybridized carbons (Fsp3) is 0.571. The minimum Gasteiger partial charge on any atom is -0.316 e. The highest BCUT2D eigenvalue weighted by atomic mass is 32.2. The number of sulfonamides is 1. The van der Waals surface area contributed by atoms with Crippen molar-refractivity contribution >= 4 is 10.0 Å². The van der Waals surface area contributed by atoms with E-state index in [0.717, 1.165) is 6.42 Å². The van der Waals surface area contributed by atoms with E-state index >= 15 is 0 Å². The van der Waals surface area contributed by atoms with E-state index in [2.05, 4.69) is 5.32 Å². The van der Waals surface area contributed by atoms with E-state index in [4.69, 9.17) is 0 Å². The first-order valence-electron chi connectivity index (χ1n) is 6.68. The van der Waals surface area contributed by atoms with Gasteiger partial charge in [0.25, 0.3) is 0 Å². The molecule has 0 saturated carbocycles. The van der Waals surface area contributed by atoms with Crippen molar-refractivity contribution in [2.45, 2.75) is 31.7 Å². The number of halogens is 1. The molecule has 1 aromatic rings. The summed E-state index contributed by atoms with van der Waals surface area (Å²) in [4.78, 5) is 0.135. The van der Waals surface area contributed by atoms with Crippen LogP contribution in [0, 0.1) is 11.7 Å². The third kappa shape index (κ3) is 4.26. The molecule has 0 amide bonds. The Morgan fingerprint density at radius 1 is 1.35 bits per heavy atom. The number of nitrogens with one attached hydrogen (secondary N) is 1. The number of benzene rings is 1. The smallest absolute Gasteiger partial charge is 0.242 e. The van der Waals surface area contributed by atoms with Gasteiger partial charge in [-0.15, -0.1) is 0 Å². The third-order valence-corrected chi connectivity index (χ3v) is 4.97. The number of hydrogen-bond acceptors (Lipinski definition) is 3. The Kier molecular flexibility index (Phi) is 6.10. The Hall–Kier alpha value is -0.980. The summed E-state index contributed by atoms with van der Waals surface area (Å²) in [5, 5.41) is 2.82. The summed E-state index contributed by atoms with van der Waals surface area (Å²) in [7, 11) is -0.309. The Bertz CT molecular complexity index is 544. The fourth-order valence-corrected chi connectivity index (χ4v) is 3.01. The Labute approximate surface area is 121 Å². The third-order valence-electron chi connectivity index (χ3n) is 3.11. The lowest BCUT2D eigenvalue weighted by atomic mass is 10.1. The van der Waals surface area contributed by atoms with Crippen LogP contribution in [-0.4, -0.2) is 33.4 Å². The molecule has 0 atom stereocenters. The molecule has 114 valence electrons. The largest absolute Gasteiger partial charge is 0.316 e. The highest BCUT2D eigenvalue weighted by Crippen LogP contribution is 2.19. The summed E-state index contributed by atoms with van der Waals surface area (Å²) in [6, 6.07) is 3.92. The van der Waals surface area contributed by atoms with E-state index in [1.54, 1.807) is 14.1 Å². The first-order chi connectivity index (χ1) is 9.28. The van der Waals surface area contributed by atoms with Gasteiger partial charge in [-0.05, 0) is 37.6 Å². The molecule has 4 nitrogen and oxygen atoms in total. The summed E-state index contributed by atoms with van der Waals surface area (Å²) in [5.74, 6) is 0.0313. The molecule has 1 aromatic carbocycles. The molecule has 0 saturated heterocycles. The van der Waals surface area contributed by atoms with Crippen LogP contribution in [0.25, 0.3) is 0 Å². The molecule has 0 unspecified atom stereocenters. The molecule has 0 aliphatic carbocycles. The SMILES string of the molecule is CNCc1cc(S(=O)(=O)N(C)CCC(C)C)ccc1F. The van der Waals surface area contributed by atoms with Gasteiger partial charge in [0.05, 0.1) is 4.90 Å². The van der Waals surface area contributed by atoms with Crippen molar-refractivity contribution in [2.24, 2.45) is 5.92 Å². The zero-order valence-electron chi connectivity index (χ0n) is 12.5. The van der Waals surface area contributed by atoms with Crippen LogP contribution in [0.3, 0.4) is 0 Å². The van der Waals surface area contributed by atoms with E-state index in [0.29, 0.717) is 24.6 Å².